The maximum absolute atomic E-state index is 17.1. The first-order valence-electron chi connectivity index (χ1n) is 16.8. The number of ether oxygens (including phenoxy) is 4. The zero-order valence-corrected chi connectivity index (χ0v) is 34.0. The third-order valence-corrected chi connectivity index (χ3v) is 17.8. The van der Waals surface area contributed by atoms with Gasteiger partial charge in [-0.1, -0.05) is 73.2 Å². The lowest BCUT2D eigenvalue weighted by atomic mass is 9.95. The van der Waals surface area contributed by atoms with Crippen LogP contribution >= 0.6 is 0 Å². The van der Waals surface area contributed by atoms with Crippen LogP contribution in [-0.2, 0) is 15.5 Å². The molecule has 0 radical (unpaired) electrons. The van der Waals surface area contributed by atoms with Gasteiger partial charge in [0.25, 0.3) is 0 Å². The van der Waals surface area contributed by atoms with Crippen molar-refractivity contribution in [3.63, 3.8) is 0 Å². The smallest absolute Gasteiger partial charge is 0.231 e. The number of benzene rings is 2. The van der Waals surface area contributed by atoms with Crippen molar-refractivity contribution in [3.05, 3.63) is 41.5 Å². The first-order chi connectivity index (χ1) is 23.5. The summed E-state index contributed by atoms with van der Waals surface area (Å²) in [5.41, 5.74) is 4.57. The van der Waals surface area contributed by atoms with Gasteiger partial charge in [0.05, 0.1) is 30.1 Å². The summed E-state index contributed by atoms with van der Waals surface area (Å²) >= 11 is 0. The highest BCUT2D eigenvalue weighted by atomic mass is 32.2. The monoisotopic (exact) mass is 741 g/mol. The molecule has 2 aromatic carbocycles. The van der Waals surface area contributed by atoms with Crippen molar-refractivity contribution in [2.24, 2.45) is 0 Å². The van der Waals surface area contributed by atoms with Crippen LogP contribution in [0.15, 0.2) is 29.4 Å². The number of hydrogen-bond acceptors (Lipinski definition) is 8. The van der Waals surface area contributed by atoms with Gasteiger partial charge in [-0.3, -0.25) is 4.21 Å². The second kappa shape index (κ2) is 15.8. The van der Waals surface area contributed by atoms with Crippen LogP contribution in [0.5, 0.6) is 17.5 Å². The molecule has 0 amide bonds. The van der Waals surface area contributed by atoms with Crippen LogP contribution in [0.3, 0.4) is 0 Å². The first kappa shape index (κ1) is 39.3. The highest BCUT2D eigenvalue weighted by molar-refractivity contribution is 7.84. The maximum atomic E-state index is 17.1. The molecular weight excluding hydrogens is 693 g/mol. The molecule has 4 aromatic rings. The van der Waals surface area contributed by atoms with Gasteiger partial charge in [0.1, 0.15) is 36.2 Å². The van der Waals surface area contributed by atoms with E-state index in [2.05, 4.69) is 87.6 Å². The number of nitrogens with zero attached hydrogens (tertiary/aromatic N) is 3. The Labute approximate surface area is 299 Å². The lowest BCUT2D eigenvalue weighted by Gasteiger charge is -2.38. The fourth-order valence-electron chi connectivity index (χ4n) is 6.64. The van der Waals surface area contributed by atoms with Crippen molar-refractivity contribution in [3.8, 4) is 40.2 Å². The van der Waals surface area contributed by atoms with Crippen molar-refractivity contribution in [2.75, 3.05) is 33.9 Å². The Morgan fingerprint density at radius 3 is 2.10 bits per heavy atom. The van der Waals surface area contributed by atoms with Crippen LogP contribution in [0.4, 0.5) is 8.78 Å². The van der Waals surface area contributed by atoms with E-state index in [0.717, 1.165) is 6.04 Å². The van der Waals surface area contributed by atoms with Crippen molar-refractivity contribution >= 4 is 48.6 Å². The summed E-state index contributed by atoms with van der Waals surface area (Å²) in [5.74, 6) is 2.28. The Morgan fingerprint density at radius 1 is 0.880 bits per heavy atom. The van der Waals surface area contributed by atoms with Crippen LogP contribution < -0.4 is 14.2 Å². The van der Waals surface area contributed by atoms with Crippen molar-refractivity contribution in [1.29, 1.82) is 0 Å². The summed E-state index contributed by atoms with van der Waals surface area (Å²) in [6.45, 7) is 20.0. The molecule has 4 rings (SSSR count). The Hall–Kier alpha value is -3.45. The lowest BCUT2D eigenvalue weighted by molar-refractivity contribution is 0.0512. The first-order valence-corrected chi connectivity index (χ1v) is 24.3. The summed E-state index contributed by atoms with van der Waals surface area (Å²) in [4.78, 5) is 13.4. The Bertz CT molecular complexity index is 1950. The number of pyridine rings is 1. The van der Waals surface area contributed by atoms with Gasteiger partial charge in [0.15, 0.2) is 12.6 Å². The van der Waals surface area contributed by atoms with Gasteiger partial charge in [-0.25, -0.2) is 18.7 Å². The molecule has 0 bridgehead atoms. The van der Waals surface area contributed by atoms with Crippen molar-refractivity contribution in [1.82, 2.24) is 15.0 Å². The van der Waals surface area contributed by atoms with Gasteiger partial charge < -0.3 is 18.9 Å². The van der Waals surface area contributed by atoms with Crippen LogP contribution in [0, 0.1) is 23.1 Å². The number of hydrogen-bond donors (Lipinski definition) is 0. The second-order valence-corrected chi connectivity index (χ2v) is 27.1. The van der Waals surface area contributed by atoms with E-state index in [1.807, 2.05) is 0 Å². The van der Waals surface area contributed by atoms with Crippen LogP contribution in [-0.4, -0.2) is 69.2 Å². The number of rotatable bonds is 13. The van der Waals surface area contributed by atoms with E-state index in [0.29, 0.717) is 39.8 Å². The maximum Gasteiger partial charge on any atom is 0.231 e. The van der Waals surface area contributed by atoms with E-state index in [9.17, 15) is 4.21 Å². The SMILES string of the molecule is COCOc1cc(-c2nc(OC)c3c(OCC[Si](C)(C)C)nc(S(C)=O)nc3c2F)c2c(C#C[Si](C(C)C)(C(C)C)C(C)C)c(F)ccc2c1. The van der Waals surface area contributed by atoms with Crippen molar-refractivity contribution in [2.45, 2.75) is 89.0 Å². The van der Waals surface area contributed by atoms with Gasteiger partial charge in [-0.15, -0.1) is 5.54 Å². The topological polar surface area (TPSA) is 92.7 Å². The molecule has 2 heterocycles. The van der Waals surface area contributed by atoms with E-state index in [1.54, 1.807) is 18.2 Å². The molecule has 0 fully saturated rings. The summed E-state index contributed by atoms with van der Waals surface area (Å²) in [7, 11) is -2.56. The number of halogens is 2. The lowest BCUT2D eigenvalue weighted by Crippen LogP contribution is -2.43. The fourth-order valence-corrected chi connectivity index (χ4v) is 13.0. The minimum Gasteiger partial charge on any atom is -0.480 e. The third kappa shape index (κ3) is 8.04. The Kier molecular flexibility index (Phi) is 12.5. The van der Waals surface area contributed by atoms with E-state index < -0.39 is 38.6 Å². The molecular formula is C37H49F2N3O5SSi2. The van der Waals surface area contributed by atoms with Crippen LogP contribution in [0.1, 0.15) is 47.1 Å². The molecule has 0 aliphatic heterocycles. The summed E-state index contributed by atoms with van der Waals surface area (Å²) in [6.07, 6.45) is 1.41. The molecule has 0 saturated heterocycles. The standard InChI is InChI=1S/C37H49F2N3O5SSi2/c1-22(2)50(23(3)4,24(5)6)17-15-27-29(38)14-13-25-19-26(47-21-44-7)20-28(30(25)27)33-32(39)34-31(35(40-33)45-8)36(42-37(41-34)48(9)43)46-16-18-49(10,11)12/h13-14,19-20,22-24H,16,18,21H2,1-12H3. The van der Waals surface area contributed by atoms with Crippen LogP contribution in [0.25, 0.3) is 32.9 Å². The average molecular weight is 742 g/mol. The van der Waals surface area contributed by atoms with E-state index in [4.69, 9.17) is 18.9 Å². The molecule has 1 unspecified atom stereocenters. The quantitative estimate of drug-likeness (QED) is 0.0580. The molecule has 13 heteroatoms. The van der Waals surface area contributed by atoms with E-state index in [-0.39, 0.29) is 51.4 Å². The number of fused-ring (bicyclic) bond motifs is 2. The average Bonchev–Trinajstić information content (AvgIpc) is 3.03. The largest absolute Gasteiger partial charge is 0.480 e. The molecule has 2 aromatic heterocycles. The molecule has 0 aliphatic rings. The van der Waals surface area contributed by atoms with Crippen molar-refractivity contribution < 1.29 is 31.9 Å². The molecule has 8 nitrogen and oxygen atoms in total. The number of aromatic nitrogens is 3. The summed E-state index contributed by atoms with van der Waals surface area (Å²) in [6, 6.07) is 7.11. The van der Waals surface area contributed by atoms with Crippen LogP contribution in [0.2, 0.25) is 42.3 Å². The van der Waals surface area contributed by atoms with E-state index in [1.165, 1.54) is 26.5 Å². The summed E-state index contributed by atoms with van der Waals surface area (Å²) < 4.78 is 68.6. The zero-order chi connectivity index (χ0) is 37.1. The second-order valence-electron chi connectivity index (χ2n) is 14.6. The van der Waals surface area contributed by atoms with Gasteiger partial charge >= 0.3 is 0 Å². The molecule has 270 valence electrons. The van der Waals surface area contributed by atoms with Gasteiger partial charge in [-0.05, 0) is 46.3 Å². The van der Waals surface area contributed by atoms with Gasteiger partial charge in [-0.2, -0.15) is 4.98 Å². The minimum atomic E-state index is -2.29. The van der Waals surface area contributed by atoms with E-state index >= 15 is 8.78 Å². The Balaban J connectivity index is 2.14. The highest BCUT2D eigenvalue weighted by Crippen LogP contribution is 2.43. The summed E-state index contributed by atoms with van der Waals surface area (Å²) in [5, 5.41) is 0.950. The normalized spacial score (nSPS) is 12.9. The molecule has 0 spiro atoms. The Morgan fingerprint density at radius 2 is 1.54 bits per heavy atom. The molecule has 50 heavy (non-hydrogen) atoms. The molecule has 0 aliphatic carbocycles. The van der Waals surface area contributed by atoms with Gasteiger partial charge in [0, 0.05) is 32.4 Å². The minimum absolute atomic E-state index is 0.000846. The molecule has 0 N–H and O–H groups in total. The fraction of sp³-hybridized carbons (Fsp3) is 0.486. The molecule has 0 saturated carbocycles. The highest BCUT2D eigenvalue weighted by Gasteiger charge is 2.42. The third-order valence-electron chi connectivity index (χ3n) is 9.15. The van der Waals surface area contributed by atoms with Gasteiger partial charge in [0.2, 0.25) is 16.9 Å². The number of methoxy groups -OCH3 is 2. The zero-order valence-electron chi connectivity index (χ0n) is 31.2. The molecule has 1 atom stereocenters. The predicted molar refractivity (Wildman–Crippen MR) is 203 cm³/mol. The predicted octanol–water partition coefficient (Wildman–Crippen LogP) is 9.14.